The summed E-state index contributed by atoms with van der Waals surface area (Å²) in [4.78, 5) is 0. The molecular formula is C16H21NO2. The first kappa shape index (κ1) is 13.8. The third kappa shape index (κ3) is 3.69. The van der Waals surface area contributed by atoms with Gasteiger partial charge in [-0.2, -0.15) is 0 Å². The smallest absolute Gasteiger partial charge is 0.152 e. The van der Waals surface area contributed by atoms with Crippen molar-refractivity contribution in [3.8, 4) is 5.75 Å². The van der Waals surface area contributed by atoms with E-state index in [-0.39, 0.29) is 12.8 Å². The highest BCUT2D eigenvalue weighted by Crippen LogP contribution is 2.26. The van der Waals surface area contributed by atoms with E-state index in [2.05, 4.69) is 37.4 Å². The predicted molar refractivity (Wildman–Crippen MR) is 78.3 cm³/mol. The third-order valence-corrected chi connectivity index (χ3v) is 2.93. The second-order valence-electron chi connectivity index (χ2n) is 4.92. The molecule has 2 rings (SSSR count). The lowest BCUT2D eigenvalue weighted by molar-refractivity contribution is 0.118. The molecule has 0 radical (unpaired) electrons. The van der Waals surface area contributed by atoms with E-state index in [1.54, 1.807) is 0 Å². The second-order valence-corrected chi connectivity index (χ2v) is 4.92. The Balaban J connectivity index is 2.23. The number of aliphatic hydroxyl groups is 1. The summed E-state index contributed by atoms with van der Waals surface area (Å²) in [5.74, 6) is 0.852. The molecule has 1 atom stereocenters. The van der Waals surface area contributed by atoms with Crippen LogP contribution in [0, 0.1) is 0 Å². The SMILES string of the molecule is CC(C)NC(CCO)Oc1cccc2ccccc12. The number of hydrogen-bond acceptors (Lipinski definition) is 3. The van der Waals surface area contributed by atoms with Crippen LogP contribution in [0.3, 0.4) is 0 Å². The lowest BCUT2D eigenvalue weighted by Crippen LogP contribution is -2.39. The average molecular weight is 259 g/mol. The van der Waals surface area contributed by atoms with Crippen LogP contribution in [-0.4, -0.2) is 24.0 Å². The molecule has 3 nitrogen and oxygen atoms in total. The second kappa shape index (κ2) is 6.55. The first-order chi connectivity index (χ1) is 9.20. The molecule has 0 saturated heterocycles. The van der Waals surface area contributed by atoms with Crippen molar-refractivity contribution < 1.29 is 9.84 Å². The Morgan fingerprint density at radius 1 is 1.11 bits per heavy atom. The molecule has 2 aromatic carbocycles. The number of nitrogens with one attached hydrogen (secondary N) is 1. The summed E-state index contributed by atoms with van der Waals surface area (Å²) >= 11 is 0. The molecule has 2 aromatic rings. The van der Waals surface area contributed by atoms with Crippen molar-refractivity contribution in [3.05, 3.63) is 42.5 Å². The number of ether oxygens (including phenoxy) is 1. The van der Waals surface area contributed by atoms with Crippen LogP contribution in [0.2, 0.25) is 0 Å². The van der Waals surface area contributed by atoms with Gasteiger partial charge in [-0.25, -0.2) is 0 Å². The van der Waals surface area contributed by atoms with Gasteiger partial charge in [-0.1, -0.05) is 36.4 Å². The van der Waals surface area contributed by atoms with E-state index in [0.717, 1.165) is 16.5 Å². The standard InChI is InChI=1S/C16H21NO2/c1-12(2)17-16(10-11-18)19-15-9-5-7-13-6-3-4-8-14(13)15/h3-9,12,16-18H,10-11H2,1-2H3. The van der Waals surface area contributed by atoms with Crippen molar-refractivity contribution in [2.24, 2.45) is 0 Å². The van der Waals surface area contributed by atoms with Crippen LogP contribution in [0.1, 0.15) is 20.3 Å². The van der Waals surface area contributed by atoms with Gasteiger partial charge in [0.2, 0.25) is 0 Å². The van der Waals surface area contributed by atoms with E-state index in [1.807, 2.05) is 24.3 Å². The van der Waals surface area contributed by atoms with Gasteiger partial charge in [0.25, 0.3) is 0 Å². The molecule has 0 spiro atoms. The molecule has 1 unspecified atom stereocenters. The van der Waals surface area contributed by atoms with E-state index < -0.39 is 0 Å². The molecule has 0 aliphatic heterocycles. The first-order valence-electron chi connectivity index (χ1n) is 6.72. The van der Waals surface area contributed by atoms with Gasteiger partial charge in [0.05, 0.1) is 0 Å². The minimum atomic E-state index is -0.171. The van der Waals surface area contributed by atoms with Gasteiger partial charge in [-0.05, 0) is 25.3 Å². The Labute approximate surface area is 114 Å². The molecule has 3 heteroatoms. The topological polar surface area (TPSA) is 41.5 Å². The Bertz CT molecular complexity index is 520. The molecular weight excluding hydrogens is 238 g/mol. The monoisotopic (exact) mass is 259 g/mol. The molecule has 0 aromatic heterocycles. The number of benzene rings is 2. The minimum Gasteiger partial charge on any atom is -0.475 e. The van der Waals surface area contributed by atoms with E-state index in [4.69, 9.17) is 9.84 Å². The number of rotatable bonds is 6. The quantitative estimate of drug-likeness (QED) is 0.784. The van der Waals surface area contributed by atoms with Crippen LogP contribution in [0.4, 0.5) is 0 Å². The van der Waals surface area contributed by atoms with Crippen LogP contribution in [0.15, 0.2) is 42.5 Å². The molecule has 0 bridgehead atoms. The normalized spacial score (nSPS) is 12.8. The lowest BCUT2D eigenvalue weighted by Gasteiger charge is -2.22. The van der Waals surface area contributed by atoms with Crippen molar-refractivity contribution in [2.45, 2.75) is 32.5 Å². The molecule has 0 fully saturated rings. The summed E-state index contributed by atoms with van der Waals surface area (Å²) in [6.45, 7) is 4.24. The Kier molecular flexibility index (Phi) is 4.77. The molecule has 0 aliphatic rings. The summed E-state index contributed by atoms with van der Waals surface area (Å²) < 4.78 is 6.01. The maximum atomic E-state index is 9.12. The Morgan fingerprint density at radius 2 is 1.84 bits per heavy atom. The van der Waals surface area contributed by atoms with Crippen molar-refractivity contribution in [3.63, 3.8) is 0 Å². The molecule has 0 amide bonds. The van der Waals surface area contributed by atoms with Crippen molar-refractivity contribution >= 4 is 10.8 Å². The lowest BCUT2D eigenvalue weighted by atomic mass is 10.1. The van der Waals surface area contributed by atoms with Crippen LogP contribution < -0.4 is 10.1 Å². The minimum absolute atomic E-state index is 0.106. The first-order valence-corrected chi connectivity index (χ1v) is 6.72. The maximum Gasteiger partial charge on any atom is 0.152 e. The third-order valence-electron chi connectivity index (χ3n) is 2.93. The zero-order chi connectivity index (χ0) is 13.7. The van der Waals surface area contributed by atoms with Gasteiger partial charge in [-0.3, -0.25) is 5.32 Å². The summed E-state index contributed by atoms with van der Waals surface area (Å²) in [6, 6.07) is 14.5. The predicted octanol–water partition coefficient (Wildman–Crippen LogP) is 2.93. The highest BCUT2D eigenvalue weighted by Gasteiger charge is 2.12. The van der Waals surface area contributed by atoms with E-state index >= 15 is 0 Å². The van der Waals surface area contributed by atoms with E-state index in [9.17, 15) is 0 Å². The van der Waals surface area contributed by atoms with Crippen LogP contribution in [0.5, 0.6) is 5.75 Å². The van der Waals surface area contributed by atoms with Gasteiger partial charge in [0.15, 0.2) is 6.23 Å². The molecule has 0 heterocycles. The average Bonchev–Trinajstić information content (AvgIpc) is 2.39. The molecule has 2 N–H and O–H groups in total. The molecule has 0 aliphatic carbocycles. The van der Waals surface area contributed by atoms with E-state index in [1.165, 1.54) is 0 Å². The molecule has 102 valence electrons. The highest BCUT2D eigenvalue weighted by molar-refractivity contribution is 5.88. The van der Waals surface area contributed by atoms with Gasteiger partial charge in [0, 0.05) is 24.5 Å². The van der Waals surface area contributed by atoms with Crippen LogP contribution >= 0.6 is 0 Å². The largest absolute Gasteiger partial charge is 0.475 e. The summed E-state index contributed by atoms with van der Waals surface area (Å²) in [7, 11) is 0. The fourth-order valence-electron chi connectivity index (χ4n) is 2.12. The maximum absolute atomic E-state index is 9.12. The zero-order valence-corrected chi connectivity index (χ0v) is 11.5. The van der Waals surface area contributed by atoms with Gasteiger partial charge in [-0.15, -0.1) is 0 Å². The molecule has 19 heavy (non-hydrogen) atoms. The van der Waals surface area contributed by atoms with Crippen LogP contribution in [-0.2, 0) is 0 Å². The summed E-state index contributed by atoms with van der Waals surface area (Å²) in [5.41, 5.74) is 0. The van der Waals surface area contributed by atoms with Crippen molar-refractivity contribution in [1.29, 1.82) is 0 Å². The Morgan fingerprint density at radius 3 is 2.58 bits per heavy atom. The summed E-state index contributed by atoms with van der Waals surface area (Å²) in [6.07, 6.45) is 0.400. The van der Waals surface area contributed by atoms with Crippen molar-refractivity contribution in [1.82, 2.24) is 5.32 Å². The molecule has 0 saturated carbocycles. The fraction of sp³-hybridized carbons (Fsp3) is 0.375. The van der Waals surface area contributed by atoms with Crippen molar-refractivity contribution in [2.75, 3.05) is 6.61 Å². The van der Waals surface area contributed by atoms with E-state index in [0.29, 0.717) is 12.5 Å². The number of aliphatic hydroxyl groups excluding tert-OH is 1. The number of fused-ring (bicyclic) bond motifs is 1. The van der Waals surface area contributed by atoms with Crippen LogP contribution in [0.25, 0.3) is 10.8 Å². The van der Waals surface area contributed by atoms with Gasteiger partial charge >= 0.3 is 0 Å². The zero-order valence-electron chi connectivity index (χ0n) is 11.5. The highest BCUT2D eigenvalue weighted by atomic mass is 16.5. The summed E-state index contributed by atoms with van der Waals surface area (Å²) in [5, 5.41) is 14.7. The number of hydrogen-bond donors (Lipinski definition) is 2. The van der Waals surface area contributed by atoms with Gasteiger partial charge < -0.3 is 9.84 Å². The Hall–Kier alpha value is -1.58. The fourth-order valence-corrected chi connectivity index (χ4v) is 2.12. The van der Waals surface area contributed by atoms with Gasteiger partial charge in [0.1, 0.15) is 5.75 Å².